The molecular formula is C27H24N4O3. The van der Waals surface area contributed by atoms with Crippen LogP contribution in [0.2, 0.25) is 0 Å². The topological polar surface area (TPSA) is 80.8 Å². The fourth-order valence-corrected chi connectivity index (χ4v) is 4.19. The van der Waals surface area contributed by atoms with E-state index in [9.17, 15) is 4.79 Å². The predicted octanol–water partition coefficient (Wildman–Crippen LogP) is 4.92. The zero-order valence-electron chi connectivity index (χ0n) is 18.8. The average Bonchev–Trinajstić information content (AvgIpc) is 3.52. The van der Waals surface area contributed by atoms with Crippen molar-refractivity contribution in [3.05, 3.63) is 108 Å². The van der Waals surface area contributed by atoms with Gasteiger partial charge in [-0.1, -0.05) is 83.1 Å². The number of carbonyl (C=O) groups is 1. The third kappa shape index (κ3) is 4.59. The van der Waals surface area contributed by atoms with Crippen LogP contribution >= 0.6 is 0 Å². The van der Waals surface area contributed by atoms with E-state index >= 15 is 0 Å². The van der Waals surface area contributed by atoms with E-state index in [1.807, 2.05) is 84.9 Å². The van der Waals surface area contributed by atoms with Gasteiger partial charge < -0.3 is 14.3 Å². The predicted molar refractivity (Wildman–Crippen MR) is 128 cm³/mol. The van der Waals surface area contributed by atoms with Gasteiger partial charge in [0.15, 0.2) is 5.82 Å². The van der Waals surface area contributed by atoms with Crippen molar-refractivity contribution < 1.29 is 14.2 Å². The maximum absolute atomic E-state index is 13.5. The first kappa shape index (κ1) is 21.6. The highest BCUT2D eigenvalue weighted by Gasteiger charge is 2.38. The molecule has 2 heterocycles. The normalized spacial score (nSPS) is 16.7. The van der Waals surface area contributed by atoms with Crippen molar-refractivity contribution in [2.24, 2.45) is 5.16 Å². The van der Waals surface area contributed by atoms with Gasteiger partial charge in [-0.25, -0.2) is 0 Å². The molecule has 0 radical (unpaired) electrons. The third-order valence-electron chi connectivity index (χ3n) is 5.85. The lowest BCUT2D eigenvalue weighted by Crippen LogP contribution is -2.31. The highest BCUT2D eigenvalue weighted by molar-refractivity contribution is 6.00. The minimum atomic E-state index is -0.396. The Morgan fingerprint density at radius 2 is 1.68 bits per heavy atom. The molecule has 34 heavy (non-hydrogen) atoms. The van der Waals surface area contributed by atoms with Gasteiger partial charge in [-0.05, 0) is 28.8 Å². The van der Waals surface area contributed by atoms with E-state index in [1.165, 1.54) is 7.11 Å². The molecule has 3 aromatic carbocycles. The molecule has 1 aliphatic heterocycles. The second-order valence-corrected chi connectivity index (χ2v) is 8.15. The molecule has 0 spiro atoms. The van der Waals surface area contributed by atoms with Gasteiger partial charge >= 0.3 is 0 Å². The van der Waals surface area contributed by atoms with Crippen LogP contribution in [0.5, 0.6) is 0 Å². The van der Waals surface area contributed by atoms with E-state index in [2.05, 4.69) is 15.3 Å². The lowest BCUT2D eigenvalue weighted by molar-refractivity contribution is 0.0713. The number of hydrogen-bond acceptors (Lipinski definition) is 6. The Morgan fingerprint density at radius 3 is 2.38 bits per heavy atom. The van der Waals surface area contributed by atoms with E-state index in [0.29, 0.717) is 36.7 Å². The molecular weight excluding hydrogens is 428 g/mol. The second-order valence-electron chi connectivity index (χ2n) is 8.15. The van der Waals surface area contributed by atoms with Crippen molar-refractivity contribution >= 4 is 11.6 Å². The minimum absolute atomic E-state index is 0.117. The number of carbonyl (C=O) groups excluding carboxylic acids is 1. The van der Waals surface area contributed by atoms with Crippen LogP contribution in [0.25, 0.3) is 11.1 Å². The smallest absolute Gasteiger partial charge is 0.254 e. The molecule has 1 saturated heterocycles. The summed E-state index contributed by atoms with van der Waals surface area (Å²) in [6, 6.07) is 27.2. The van der Waals surface area contributed by atoms with Gasteiger partial charge in [-0.2, -0.15) is 4.98 Å². The molecule has 4 aromatic rings. The molecule has 7 nitrogen and oxygen atoms in total. The number of oxime groups is 1. The first-order chi connectivity index (χ1) is 16.7. The second kappa shape index (κ2) is 9.70. The van der Waals surface area contributed by atoms with E-state index in [1.54, 1.807) is 4.90 Å². The molecule has 1 atom stereocenters. The minimum Gasteiger partial charge on any atom is -0.399 e. The first-order valence-corrected chi connectivity index (χ1v) is 11.1. The largest absolute Gasteiger partial charge is 0.399 e. The van der Waals surface area contributed by atoms with Crippen LogP contribution in [0.15, 0.2) is 94.6 Å². The summed E-state index contributed by atoms with van der Waals surface area (Å²) in [5.41, 5.74) is 4.59. The van der Waals surface area contributed by atoms with E-state index in [4.69, 9.17) is 9.36 Å². The quantitative estimate of drug-likeness (QED) is 0.388. The number of aromatic nitrogens is 2. The van der Waals surface area contributed by atoms with Crippen molar-refractivity contribution in [2.75, 3.05) is 13.7 Å². The summed E-state index contributed by atoms with van der Waals surface area (Å²) in [4.78, 5) is 24.8. The van der Waals surface area contributed by atoms with E-state index in [-0.39, 0.29) is 5.91 Å². The third-order valence-corrected chi connectivity index (χ3v) is 5.85. The summed E-state index contributed by atoms with van der Waals surface area (Å²) in [6.07, 6.45) is 1.04. The van der Waals surface area contributed by atoms with Crippen LogP contribution < -0.4 is 0 Å². The summed E-state index contributed by atoms with van der Waals surface area (Å²) in [5.74, 6) is 0.869. The molecule has 0 N–H and O–H groups in total. The Balaban J connectivity index is 1.38. The summed E-state index contributed by atoms with van der Waals surface area (Å²) in [7, 11) is 1.50. The Kier molecular flexibility index (Phi) is 6.16. The van der Waals surface area contributed by atoms with Crippen LogP contribution in [0.3, 0.4) is 0 Å². The van der Waals surface area contributed by atoms with Gasteiger partial charge in [-0.3, -0.25) is 4.79 Å². The molecule has 1 amide bonds. The number of nitrogens with zero attached hydrogens (tertiary/aromatic N) is 4. The van der Waals surface area contributed by atoms with Crippen molar-refractivity contribution in [3.63, 3.8) is 0 Å². The Bertz CT molecular complexity index is 1280. The zero-order chi connectivity index (χ0) is 23.3. The van der Waals surface area contributed by atoms with E-state index in [0.717, 1.165) is 22.4 Å². The maximum Gasteiger partial charge on any atom is 0.254 e. The first-order valence-electron chi connectivity index (χ1n) is 11.1. The monoisotopic (exact) mass is 452 g/mol. The summed E-state index contributed by atoms with van der Waals surface area (Å²) in [5, 5.41) is 8.23. The fraction of sp³-hybridized carbons (Fsp3) is 0.185. The average molecular weight is 453 g/mol. The SMILES string of the molecule is CO/N=C1\CC(c2nc(Cc3ccccc3)no2)N(C(=O)c2ccc(-c3ccccc3)cc2)C1. The molecule has 1 aliphatic rings. The van der Waals surface area contributed by atoms with Gasteiger partial charge in [-0.15, -0.1) is 0 Å². The Morgan fingerprint density at radius 1 is 1.00 bits per heavy atom. The molecule has 0 aliphatic carbocycles. The number of amides is 1. The van der Waals surface area contributed by atoms with E-state index < -0.39 is 6.04 Å². The van der Waals surface area contributed by atoms with Gasteiger partial charge in [0.25, 0.3) is 5.91 Å². The molecule has 170 valence electrons. The Hall–Kier alpha value is -4.26. The fourth-order valence-electron chi connectivity index (χ4n) is 4.19. The highest BCUT2D eigenvalue weighted by Crippen LogP contribution is 2.32. The van der Waals surface area contributed by atoms with Crippen LogP contribution in [0, 0.1) is 0 Å². The molecule has 0 bridgehead atoms. The number of benzene rings is 3. The van der Waals surface area contributed by atoms with Gasteiger partial charge in [0.1, 0.15) is 13.2 Å². The lowest BCUT2D eigenvalue weighted by Gasteiger charge is -2.21. The molecule has 5 rings (SSSR count). The van der Waals surface area contributed by atoms with Crippen LogP contribution in [0.1, 0.15) is 40.1 Å². The Labute approximate surface area is 197 Å². The molecule has 7 heteroatoms. The van der Waals surface area contributed by atoms with Gasteiger partial charge in [0.05, 0.1) is 12.3 Å². The van der Waals surface area contributed by atoms with Crippen LogP contribution in [-0.4, -0.2) is 40.3 Å². The molecule has 1 aromatic heterocycles. The maximum atomic E-state index is 13.5. The molecule has 0 saturated carbocycles. The highest BCUT2D eigenvalue weighted by atomic mass is 16.6. The van der Waals surface area contributed by atoms with Crippen molar-refractivity contribution in [1.82, 2.24) is 15.0 Å². The van der Waals surface area contributed by atoms with Gasteiger partial charge in [0.2, 0.25) is 5.89 Å². The molecule has 1 fully saturated rings. The number of rotatable bonds is 6. The summed E-state index contributed by atoms with van der Waals surface area (Å²) < 4.78 is 5.59. The van der Waals surface area contributed by atoms with Crippen molar-refractivity contribution in [3.8, 4) is 11.1 Å². The summed E-state index contributed by atoms with van der Waals surface area (Å²) >= 11 is 0. The van der Waals surface area contributed by atoms with Crippen molar-refractivity contribution in [2.45, 2.75) is 18.9 Å². The molecule has 1 unspecified atom stereocenters. The van der Waals surface area contributed by atoms with Crippen LogP contribution in [-0.2, 0) is 11.3 Å². The number of hydrogen-bond donors (Lipinski definition) is 0. The number of likely N-dealkylation sites (tertiary alicyclic amines) is 1. The van der Waals surface area contributed by atoms with Gasteiger partial charge in [0, 0.05) is 18.4 Å². The van der Waals surface area contributed by atoms with Crippen LogP contribution in [0.4, 0.5) is 0 Å². The standard InChI is InChI=1S/C27H24N4O3/c1-33-29-23-17-24(26-28-25(30-34-26)16-19-8-4-2-5-9-19)31(18-23)27(32)22-14-12-21(13-15-22)20-10-6-3-7-11-20/h2-15,24H,16-18H2,1H3/b29-23+. The summed E-state index contributed by atoms with van der Waals surface area (Å²) in [6.45, 7) is 0.341. The zero-order valence-corrected chi connectivity index (χ0v) is 18.8. The van der Waals surface area contributed by atoms with Crippen molar-refractivity contribution in [1.29, 1.82) is 0 Å². The lowest BCUT2D eigenvalue weighted by atomic mass is 10.0.